The summed E-state index contributed by atoms with van der Waals surface area (Å²) < 4.78 is 28.9. The summed E-state index contributed by atoms with van der Waals surface area (Å²) in [4.78, 5) is 10.6. The smallest absolute Gasteiger partial charge is 0.258 e. The van der Waals surface area contributed by atoms with Crippen molar-refractivity contribution in [1.82, 2.24) is 4.31 Å². The zero-order chi connectivity index (χ0) is 21.7. The SMILES string of the molecule is CC[SiH](CC)[C@@H]1CC[C@@H](Cc2ccccc2)N(S(=O)(=O)c2ccc([N+](=O)[O-])cc2)C1. The van der Waals surface area contributed by atoms with Gasteiger partial charge in [0.05, 0.1) is 9.82 Å². The van der Waals surface area contributed by atoms with Gasteiger partial charge < -0.3 is 0 Å². The number of nitrogens with zero attached hydrogens (tertiary/aromatic N) is 2. The third kappa shape index (κ3) is 4.99. The Morgan fingerprint density at radius 2 is 1.67 bits per heavy atom. The van der Waals surface area contributed by atoms with Gasteiger partial charge in [-0.1, -0.05) is 62.7 Å². The van der Waals surface area contributed by atoms with Gasteiger partial charge in [0.15, 0.2) is 0 Å². The first-order valence-corrected chi connectivity index (χ1v) is 14.4. The van der Waals surface area contributed by atoms with Crippen molar-refractivity contribution in [2.75, 3.05) is 6.54 Å². The van der Waals surface area contributed by atoms with Crippen LogP contribution in [-0.4, -0.2) is 39.0 Å². The van der Waals surface area contributed by atoms with Gasteiger partial charge in [-0.2, -0.15) is 4.31 Å². The number of nitro groups is 1. The van der Waals surface area contributed by atoms with Crippen LogP contribution in [0.5, 0.6) is 0 Å². The maximum absolute atomic E-state index is 13.6. The topological polar surface area (TPSA) is 80.5 Å². The molecule has 162 valence electrons. The predicted molar refractivity (Wildman–Crippen MR) is 122 cm³/mol. The van der Waals surface area contributed by atoms with Crippen LogP contribution in [0.3, 0.4) is 0 Å². The van der Waals surface area contributed by atoms with E-state index >= 15 is 0 Å². The van der Waals surface area contributed by atoms with Crippen LogP contribution >= 0.6 is 0 Å². The van der Waals surface area contributed by atoms with Gasteiger partial charge in [-0.3, -0.25) is 10.1 Å². The van der Waals surface area contributed by atoms with Gasteiger partial charge in [0, 0.05) is 33.5 Å². The number of hydrogen-bond donors (Lipinski definition) is 0. The zero-order valence-electron chi connectivity index (χ0n) is 17.6. The minimum Gasteiger partial charge on any atom is -0.258 e. The Kier molecular flexibility index (Phi) is 7.44. The second-order valence-electron chi connectivity index (χ2n) is 8.08. The van der Waals surface area contributed by atoms with Crippen LogP contribution in [-0.2, 0) is 16.4 Å². The molecule has 2 aromatic carbocycles. The van der Waals surface area contributed by atoms with Gasteiger partial charge in [0.25, 0.3) is 5.69 Å². The summed E-state index contributed by atoms with van der Waals surface area (Å²) in [6.45, 7) is 5.02. The van der Waals surface area contributed by atoms with E-state index in [-0.39, 0.29) is 16.6 Å². The Morgan fingerprint density at radius 1 is 1.03 bits per heavy atom. The van der Waals surface area contributed by atoms with Crippen molar-refractivity contribution in [1.29, 1.82) is 0 Å². The Hall–Kier alpha value is -2.03. The molecule has 8 heteroatoms. The molecule has 0 N–H and O–H groups in total. The average molecular weight is 447 g/mol. The van der Waals surface area contributed by atoms with Crippen LogP contribution in [0.4, 0.5) is 5.69 Å². The Balaban J connectivity index is 1.92. The van der Waals surface area contributed by atoms with Gasteiger partial charge in [-0.15, -0.1) is 0 Å². The molecule has 1 heterocycles. The number of rotatable bonds is 8. The molecule has 0 unspecified atom stereocenters. The van der Waals surface area contributed by atoms with Crippen molar-refractivity contribution in [3.63, 3.8) is 0 Å². The van der Waals surface area contributed by atoms with Crippen molar-refractivity contribution in [3.05, 3.63) is 70.3 Å². The van der Waals surface area contributed by atoms with Crippen LogP contribution in [0.15, 0.2) is 59.5 Å². The van der Waals surface area contributed by atoms with Gasteiger partial charge in [0.2, 0.25) is 10.0 Å². The van der Waals surface area contributed by atoms with E-state index in [1.54, 1.807) is 4.31 Å². The first-order valence-electron chi connectivity index (χ1n) is 10.7. The number of nitro benzene ring substituents is 1. The molecule has 2 atom stereocenters. The molecule has 0 amide bonds. The van der Waals surface area contributed by atoms with E-state index in [0.29, 0.717) is 18.5 Å². The fraction of sp³-hybridized carbons (Fsp3) is 0.455. The summed E-state index contributed by atoms with van der Waals surface area (Å²) in [5.41, 5.74) is 1.50. The standard InChI is InChI=1S/C22H30N2O4SSi/c1-3-30(4-2)22-15-12-20(16-18-8-6-5-7-9-18)23(17-22)29(27,28)21-13-10-19(11-14-21)24(25)26/h5-11,13-14,20,22,30H,3-4,12,15-17H2,1-2H3/t20-,22+/m0/s1. The molecule has 0 radical (unpaired) electrons. The second kappa shape index (κ2) is 9.85. The van der Waals surface area contributed by atoms with E-state index in [1.807, 2.05) is 30.3 Å². The van der Waals surface area contributed by atoms with E-state index in [1.165, 1.54) is 36.4 Å². The summed E-state index contributed by atoms with van der Waals surface area (Å²) in [5, 5.41) is 11.0. The summed E-state index contributed by atoms with van der Waals surface area (Å²) in [5.74, 6) is 0. The van der Waals surface area contributed by atoms with Gasteiger partial charge in [-0.05, 0) is 36.1 Å². The van der Waals surface area contributed by atoms with E-state index in [0.717, 1.165) is 18.4 Å². The van der Waals surface area contributed by atoms with Gasteiger partial charge in [-0.25, -0.2) is 8.42 Å². The van der Waals surface area contributed by atoms with Crippen molar-refractivity contribution in [3.8, 4) is 0 Å². The van der Waals surface area contributed by atoms with Crippen LogP contribution in [0.1, 0.15) is 32.3 Å². The molecule has 0 bridgehead atoms. The monoisotopic (exact) mass is 446 g/mol. The molecule has 0 spiro atoms. The lowest BCUT2D eigenvalue weighted by Gasteiger charge is -2.41. The number of non-ortho nitro benzene ring substituents is 1. The highest BCUT2D eigenvalue weighted by Crippen LogP contribution is 2.36. The van der Waals surface area contributed by atoms with Crippen LogP contribution in [0, 0.1) is 10.1 Å². The maximum Gasteiger partial charge on any atom is 0.269 e. The van der Waals surface area contributed by atoms with Crippen molar-refractivity contribution in [2.24, 2.45) is 0 Å². The van der Waals surface area contributed by atoms with Gasteiger partial charge in [0.1, 0.15) is 0 Å². The lowest BCUT2D eigenvalue weighted by molar-refractivity contribution is -0.384. The highest BCUT2D eigenvalue weighted by atomic mass is 32.2. The summed E-state index contributed by atoms with van der Waals surface area (Å²) >= 11 is 0. The molecule has 1 saturated heterocycles. The van der Waals surface area contributed by atoms with Crippen molar-refractivity contribution >= 4 is 24.5 Å². The molecule has 30 heavy (non-hydrogen) atoms. The Morgan fingerprint density at radius 3 is 2.23 bits per heavy atom. The maximum atomic E-state index is 13.6. The van der Waals surface area contributed by atoms with Gasteiger partial charge >= 0.3 is 0 Å². The molecule has 0 saturated carbocycles. The Bertz CT molecular complexity index is 947. The second-order valence-corrected chi connectivity index (χ2v) is 14.1. The van der Waals surface area contributed by atoms with Crippen LogP contribution in [0.25, 0.3) is 0 Å². The quantitative estimate of drug-likeness (QED) is 0.336. The normalized spacial score (nSPS) is 20.4. The molecule has 1 fully saturated rings. The number of hydrogen-bond acceptors (Lipinski definition) is 4. The van der Waals surface area contributed by atoms with Crippen molar-refractivity contribution < 1.29 is 13.3 Å². The van der Waals surface area contributed by atoms with E-state index in [4.69, 9.17) is 0 Å². The number of piperidine rings is 1. The molecule has 6 nitrogen and oxygen atoms in total. The van der Waals surface area contributed by atoms with Crippen molar-refractivity contribution in [2.45, 2.75) is 61.7 Å². The minimum atomic E-state index is -3.72. The van der Waals surface area contributed by atoms with Crippen LogP contribution < -0.4 is 0 Å². The largest absolute Gasteiger partial charge is 0.269 e. The third-order valence-corrected chi connectivity index (χ3v) is 12.3. The summed E-state index contributed by atoms with van der Waals surface area (Å²) in [6.07, 6.45) is 2.63. The number of sulfonamides is 1. The molecule has 2 aromatic rings. The first kappa shape index (κ1) is 22.6. The molecule has 0 aliphatic carbocycles. The summed E-state index contributed by atoms with van der Waals surface area (Å²) in [7, 11) is -4.73. The highest BCUT2D eigenvalue weighted by Gasteiger charge is 2.39. The average Bonchev–Trinajstić information content (AvgIpc) is 2.76. The predicted octanol–water partition coefficient (Wildman–Crippen LogP) is 4.63. The van der Waals surface area contributed by atoms with E-state index in [2.05, 4.69) is 13.8 Å². The molecule has 3 rings (SSSR count). The lowest BCUT2D eigenvalue weighted by Crippen LogP contribution is -2.48. The zero-order valence-corrected chi connectivity index (χ0v) is 19.6. The minimum absolute atomic E-state index is 0.0906. The highest BCUT2D eigenvalue weighted by molar-refractivity contribution is 7.89. The third-order valence-electron chi connectivity index (χ3n) is 6.38. The Labute approximate surface area is 180 Å². The summed E-state index contributed by atoms with van der Waals surface area (Å²) in [6, 6.07) is 17.5. The van der Waals surface area contributed by atoms with E-state index < -0.39 is 23.7 Å². The molecule has 0 aromatic heterocycles. The molecule has 1 aliphatic heterocycles. The molecule has 1 aliphatic rings. The van der Waals surface area contributed by atoms with Crippen LogP contribution in [0.2, 0.25) is 17.6 Å². The molecular formula is C22H30N2O4SSi. The number of benzene rings is 2. The first-order chi connectivity index (χ1) is 14.4. The fourth-order valence-corrected chi connectivity index (χ4v) is 9.59. The molecular weight excluding hydrogens is 416 g/mol. The van der Waals surface area contributed by atoms with E-state index in [9.17, 15) is 18.5 Å². The lowest BCUT2D eigenvalue weighted by atomic mass is 9.97. The fourth-order valence-electron chi connectivity index (χ4n) is 4.62.